The SMILES string of the molecule is CN(C)c1cccc(C2(c3cccc(N(C)C)c3)C=Cc3c(-n4cnnn4)n[nH]c3C2)c1. The molecule has 8 nitrogen and oxygen atoms in total. The van der Waals surface area contributed by atoms with Crippen molar-refractivity contribution in [3.05, 3.63) is 83.3 Å². The van der Waals surface area contributed by atoms with Gasteiger partial charge in [0.05, 0.1) is 0 Å². The summed E-state index contributed by atoms with van der Waals surface area (Å²) in [4.78, 5) is 4.27. The van der Waals surface area contributed by atoms with Gasteiger partial charge >= 0.3 is 0 Å². The molecule has 0 radical (unpaired) electrons. The van der Waals surface area contributed by atoms with E-state index < -0.39 is 0 Å². The number of fused-ring (bicyclic) bond motifs is 1. The number of hydrogen-bond acceptors (Lipinski definition) is 6. The molecule has 8 heteroatoms. The number of anilines is 2. The lowest BCUT2D eigenvalue weighted by atomic mass is 9.68. The van der Waals surface area contributed by atoms with E-state index in [0.29, 0.717) is 5.82 Å². The molecule has 32 heavy (non-hydrogen) atoms. The number of tetrazole rings is 1. The molecule has 0 saturated heterocycles. The Kier molecular flexibility index (Phi) is 4.77. The van der Waals surface area contributed by atoms with Crippen LogP contribution in [0.25, 0.3) is 11.9 Å². The van der Waals surface area contributed by atoms with Crippen molar-refractivity contribution < 1.29 is 0 Å². The van der Waals surface area contributed by atoms with Gasteiger partial charge in [-0.3, -0.25) is 5.10 Å². The third-order valence-electron chi connectivity index (χ3n) is 6.17. The molecule has 0 atom stereocenters. The van der Waals surface area contributed by atoms with Gasteiger partial charge in [-0.2, -0.15) is 9.78 Å². The van der Waals surface area contributed by atoms with E-state index in [4.69, 9.17) is 0 Å². The third-order valence-corrected chi connectivity index (χ3v) is 6.17. The maximum atomic E-state index is 4.51. The predicted octanol–water partition coefficient (Wildman–Crippen LogP) is 3.07. The van der Waals surface area contributed by atoms with Gasteiger partial charge in [-0.15, -0.1) is 5.10 Å². The molecule has 1 aliphatic rings. The molecule has 0 bridgehead atoms. The molecule has 1 aliphatic carbocycles. The Morgan fingerprint density at radius 2 is 1.59 bits per heavy atom. The van der Waals surface area contributed by atoms with Crippen LogP contribution in [0.4, 0.5) is 11.4 Å². The van der Waals surface area contributed by atoms with Crippen molar-refractivity contribution in [2.24, 2.45) is 0 Å². The van der Waals surface area contributed by atoms with Crippen molar-refractivity contribution in [3.8, 4) is 5.82 Å². The lowest BCUT2D eigenvalue weighted by molar-refractivity contribution is 0.620. The summed E-state index contributed by atoms with van der Waals surface area (Å²) in [5.41, 5.74) is 6.55. The van der Waals surface area contributed by atoms with Crippen molar-refractivity contribution in [2.45, 2.75) is 11.8 Å². The zero-order chi connectivity index (χ0) is 22.3. The molecular formula is C24H26N8. The van der Waals surface area contributed by atoms with Gasteiger partial charge in [-0.1, -0.05) is 36.4 Å². The van der Waals surface area contributed by atoms with Gasteiger partial charge in [0.2, 0.25) is 0 Å². The first-order chi connectivity index (χ1) is 15.5. The van der Waals surface area contributed by atoms with E-state index in [0.717, 1.165) is 17.7 Å². The second-order valence-corrected chi connectivity index (χ2v) is 8.56. The molecule has 162 valence electrons. The van der Waals surface area contributed by atoms with E-state index in [1.165, 1.54) is 22.5 Å². The summed E-state index contributed by atoms with van der Waals surface area (Å²) in [6.07, 6.45) is 6.75. The molecule has 4 aromatic rings. The largest absolute Gasteiger partial charge is 0.378 e. The molecule has 0 aliphatic heterocycles. The van der Waals surface area contributed by atoms with Gasteiger partial charge in [-0.25, -0.2) is 0 Å². The fraction of sp³-hybridized carbons (Fsp3) is 0.250. The topological polar surface area (TPSA) is 78.8 Å². The Hall–Kier alpha value is -3.94. The molecule has 0 amide bonds. The number of nitrogens with one attached hydrogen (secondary N) is 1. The molecule has 0 saturated carbocycles. The van der Waals surface area contributed by atoms with Crippen molar-refractivity contribution >= 4 is 17.5 Å². The monoisotopic (exact) mass is 426 g/mol. The van der Waals surface area contributed by atoms with E-state index in [1.807, 2.05) is 0 Å². The first kappa shape index (κ1) is 20.0. The highest BCUT2D eigenvalue weighted by molar-refractivity contribution is 5.69. The Morgan fingerprint density at radius 3 is 2.16 bits per heavy atom. The first-order valence-corrected chi connectivity index (χ1v) is 10.5. The highest BCUT2D eigenvalue weighted by Crippen LogP contribution is 2.43. The average molecular weight is 427 g/mol. The third kappa shape index (κ3) is 3.24. The van der Waals surface area contributed by atoms with Crippen LogP contribution >= 0.6 is 0 Å². The smallest absolute Gasteiger partial charge is 0.185 e. The number of aromatic nitrogens is 6. The number of nitrogens with zero attached hydrogens (tertiary/aromatic N) is 7. The minimum atomic E-state index is -0.338. The van der Waals surface area contributed by atoms with Gasteiger partial charge in [0.1, 0.15) is 6.33 Å². The van der Waals surface area contributed by atoms with E-state index in [2.05, 4.69) is 124 Å². The Morgan fingerprint density at radius 1 is 0.938 bits per heavy atom. The van der Waals surface area contributed by atoms with Crippen LogP contribution in [-0.2, 0) is 11.8 Å². The number of hydrogen-bond donors (Lipinski definition) is 1. The van der Waals surface area contributed by atoms with Crippen LogP contribution in [0.15, 0.2) is 60.9 Å². The van der Waals surface area contributed by atoms with Crippen molar-refractivity contribution in [1.82, 2.24) is 30.4 Å². The summed E-state index contributed by atoms with van der Waals surface area (Å²) < 4.78 is 1.59. The summed E-state index contributed by atoms with van der Waals surface area (Å²) >= 11 is 0. The average Bonchev–Trinajstić information content (AvgIpc) is 3.48. The summed E-state index contributed by atoms with van der Waals surface area (Å²) in [5, 5.41) is 19.3. The zero-order valence-corrected chi connectivity index (χ0v) is 18.7. The molecule has 5 rings (SSSR count). The molecular weight excluding hydrogens is 400 g/mol. The van der Waals surface area contributed by atoms with Crippen LogP contribution in [0.5, 0.6) is 0 Å². The Balaban J connectivity index is 1.69. The molecule has 0 spiro atoms. The minimum Gasteiger partial charge on any atom is -0.378 e. The zero-order valence-electron chi connectivity index (χ0n) is 18.7. The van der Waals surface area contributed by atoms with Crippen molar-refractivity contribution in [3.63, 3.8) is 0 Å². The maximum Gasteiger partial charge on any atom is 0.185 e. The number of H-pyrrole nitrogens is 1. The van der Waals surface area contributed by atoms with Crippen molar-refractivity contribution in [2.75, 3.05) is 38.0 Å². The minimum absolute atomic E-state index is 0.338. The summed E-state index contributed by atoms with van der Waals surface area (Å²) in [6.45, 7) is 0. The van der Waals surface area contributed by atoms with Crippen LogP contribution in [0, 0.1) is 0 Å². The van der Waals surface area contributed by atoms with E-state index in [-0.39, 0.29) is 5.41 Å². The van der Waals surface area contributed by atoms with Crippen LogP contribution in [-0.4, -0.2) is 58.6 Å². The number of aromatic amines is 1. The second-order valence-electron chi connectivity index (χ2n) is 8.56. The molecule has 2 aromatic heterocycles. The molecule has 0 fully saturated rings. The standard InChI is InChI=1S/C24H26N8/c1-30(2)19-9-5-7-17(13-19)24(18-8-6-10-20(14-18)31(3)4)12-11-21-22(15-24)26-27-23(21)32-16-25-28-29-32/h5-14,16H,15H2,1-4H3,(H,26,27). The van der Waals surface area contributed by atoms with Gasteiger partial charge in [0.15, 0.2) is 5.82 Å². The normalized spacial score (nSPS) is 14.2. The Bertz CT molecular complexity index is 1220. The van der Waals surface area contributed by atoms with E-state index in [1.54, 1.807) is 11.0 Å². The highest BCUT2D eigenvalue weighted by atomic mass is 15.5. The van der Waals surface area contributed by atoms with Gasteiger partial charge in [0.25, 0.3) is 0 Å². The number of rotatable bonds is 5. The van der Waals surface area contributed by atoms with Gasteiger partial charge in [-0.05, 0) is 45.8 Å². The molecule has 2 heterocycles. The van der Waals surface area contributed by atoms with Crippen LogP contribution < -0.4 is 9.80 Å². The lowest BCUT2D eigenvalue weighted by Gasteiger charge is -2.35. The fourth-order valence-electron chi connectivity index (χ4n) is 4.37. The van der Waals surface area contributed by atoms with Gasteiger partial charge < -0.3 is 9.80 Å². The molecule has 0 unspecified atom stereocenters. The summed E-state index contributed by atoms with van der Waals surface area (Å²) in [7, 11) is 8.28. The first-order valence-electron chi connectivity index (χ1n) is 10.5. The van der Waals surface area contributed by atoms with Crippen LogP contribution in [0.3, 0.4) is 0 Å². The quantitative estimate of drug-likeness (QED) is 0.528. The van der Waals surface area contributed by atoms with E-state index >= 15 is 0 Å². The fourth-order valence-corrected chi connectivity index (χ4v) is 4.37. The lowest BCUT2D eigenvalue weighted by Crippen LogP contribution is -2.31. The molecule has 2 aromatic carbocycles. The van der Waals surface area contributed by atoms with Crippen LogP contribution in [0.2, 0.25) is 0 Å². The predicted molar refractivity (Wildman–Crippen MR) is 126 cm³/mol. The highest BCUT2D eigenvalue weighted by Gasteiger charge is 2.37. The number of benzene rings is 2. The van der Waals surface area contributed by atoms with Crippen LogP contribution in [0.1, 0.15) is 22.4 Å². The van der Waals surface area contributed by atoms with E-state index in [9.17, 15) is 0 Å². The molecule has 1 N–H and O–H groups in total. The second kappa shape index (κ2) is 7.64. The van der Waals surface area contributed by atoms with Crippen molar-refractivity contribution in [1.29, 1.82) is 0 Å². The maximum absolute atomic E-state index is 4.51. The summed E-state index contributed by atoms with van der Waals surface area (Å²) in [5.74, 6) is 0.707. The van der Waals surface area contributed by atoms with Gasteiger partial charge in [0, 0.05) is 62.7 Å². The summed E-state index contributed by atoms with van der Waals surface area (Å²) in [6, 6.07) is 17.5. The number of allylic oxidation sites excluding steroid dienone is 1. The Labute approximate surface area is 187 Å².